The summed E-state index contributed by atoms with van der Waals surface area (Å²) in [7, 11) is 0. The Labute approximate surface area is 170 Å². The first-order valence-electron chi connectivity index (χ1n) is 10.2. The van der Waals surface area contributed by atoms with Crippen LogP contribution in [-0.2, 0) is 19.2 Å². The van der Waals surface area contributed by atoms with E-state index in [-0.39, 0.29) is 23.6 Å². The standard InChI is InChI=1S/2C10H20N2O2/c2*1-9(13)11-7-5-3-4-6-8-12-10(2)14/h2*3-8H2,1-2H3,(H,11,13)(H,12,14). The molecule has 0 heterocycles. The molecular formula is C20H40N4O4. The number of nitrogens with one attached hydrogen (secondary N) is 4. The zero-order valence-electron chi connectivity index (χ0n) is 18.1. The molecule has 0 aliphatic rings. The maximum Gasteiger partial charge on any atom is 0.216 e. The molecule has 0 saturated carbocycles. The fourth-order valence-corrected chi connectivity index (χ4v) is 2.26. The monoisotopic (exact) mass is 400 g/mol. The van der Waals surface area contributed by atoms with Gasteiger partial charge in [-0.1, -0.05) is 25.7 Å². The Morgan fingerprint density at radius 1 is 0.393 bits per heavy atom. The largest absolute Gasteiger partial charge is 0.356 e. The first-order valence-corrected chi connectivity index (χ1v) is 10.2. The number of carbonyl (C=O) groups excluding carboxylic acids is 4. The molecule has 0 unspecified atom stereocenters. The number of carbonyl (C=O) groups is 4. The molecule has 0 aromatic heterocycles. The van der Waals surface area contributed by atoms with Crippen molar-refractivity contribution in [1.29, 1.82) is 0 Å². The number of hydrogen-bond acceptors (Lipinski definition) is 4. The van der Waals surface area contributed by atoms with Crippen molar-refractivity contribution in [3.8, 4) is 0 Å². The molecule has 0 spiro atoms. The van der Waals surface area contributed by atoms with Gasteiger partial charge in [0.1, 0.15) is 0 Å². The van der Waals surface area contributed by atoms with Crippen LogP contribution in [0.1, 0.15) is 79.1 Å². The van der Waals surface area contributed by atoms with Gasteiger partial charge in [0.05, 0.1) is 0 Å². The van der Waals surface area contributed by atoms with E-state index >= 15 is 0 Å². The molecule has 4 amide bonds. The lowest BCUT2D eigenvalue weighted by molar-refractivity contribution is -0.119. The van der Waals surface area contributed by atoms with Crippen LogP contribution in [0.3, 0.4) is 0 Å². The molecule has 164 valence electrons. The first kappa shape index (κ1) is 28.1. The van der Waals surface area contributed by atoms with E-state index in [1.54, 1.807) is 0 Å². The second-order valence-electron chi connectivity index (χ2n) is 6.76. The van der Waals surface area contributed by atoms with Gasteiger partial charge in [-0.05, 0) is 25.7 Å². The van der Waals surface area contributed by atoms with Crippen molar-refractivity contribution in [3.05, 3.63) is 0 Å². The van der Waals surface area contributed by atoms with Crippen LogP contribution < -0.4 is 21.3 Å². The first-order chi connectivity index (χ1) is 13.3. The van der Waals surface area contributed by atoms with Crippen molar-refractivity contribution in [2.45, 2.75) is 79.1 Å². The Morgan fingerprint density at radius 3 is 0.714 bits per heavy atom. The molecule has 0 rings (SSSR count). The summed E-state index contributed by atoms with van der Waals surface area (Å²) in [6.45, 7) is 9.14. The van der Waals surface area contributed by atoms with Crippen LogP contribution in [-0.4, -0.2) is 49.8 Å². The van der Waals surface area contributed by atoms with E-state index in [1.165, 1.54) is 27.7 Å². The van der Waals surface area contributed by atoms with Crippen LogP contribution >= 0.6 is 0 Å². The molecule has 0 aliphatic carbocycles. The van der Waals surface area contributed by atoms with Crippen molar-refractivity contribution in [2.75, 3.05) is 26.2 Å². The fraction of sp³-hybridized carbons (Fsp3) is 0.800. The van der Waals surface area contributed by atoms with Crippen LogP contribution in [0.15, 0.2) is 0 Å². The van der Waals surface area contributed by atoms with Crippen LogP contribution in [0.5, 0.6) is 0 Å². The van der Waals surface area contributed by atoms with Gasteiger partial charge < -0.3 is 21.3 Å². The quantitative estimate of drug-likeness (QED) is 0.332. The second-order valence-corrected chi connectivity index (χ2v) is 6.76. The van der Waals surface area contributed by atoms with Crippen molar-refractivity contribution in [1.82, 2.24) is 21.3 Å². The van der Waals surface area contributed by atoms with Gasteiger partial charge >= 0.3 is 0 Å². The van der Waals surface area contributed by atoms with E-state index in [2.05, 4.69) is 21.3 Å². The molecule has 8 nitrogen and oxygen atoms in total. The zero-order valence-corrected chi connectivity index (χ0v) is 18.1. The minimum Gasteiger partial charge on any atom is -0.356 e. The number of hydrogen-bond donors (Lipinski definition) is 4. The molecule has 8 heteroatoms. The molecule has 0 radical (unpaired) electrons. The highest BCUT2D eigenvalue weighted by Crippen LogP contribution is 1.98. The third kappa shape index (κ3) is 31.6. The molecule has 0 aromatic carbocycles. The molecule has 0 aliphatic heterocycles. The number of unbranched alkanes of at least 4 members (excludes halogenated alkanes) is 6. The van der Waals surface area contributed by atoms with Gasteiger partial charge in [-0.3, -0.25) is 19.2 Å². The van der Waals surface area contributed by atoms with Crippen molar-refractivity contribution in [3.63, 3.8) is 0 Å². The molecule has 0 atom stereocenters. The van der Waals surface area contributed by atoms with E-state index in [1.807, 2.05) is 0 Å². The second kappa shape index (κ2) is 21.2. The van der Waals surface area contributed by atoms with Crippen LogP contribution in [0.25, 0.3) is 0 Å². The van der Waals surface area contributed by atoms with E-state index in [4.69, 9.17) is 0 Å². The van der Waals surface area contributed by atoms with Crippen molar-refractivity contribution < 1.29 is 19.2 Å². The lowest BCUT2D eigenvalue weighted by atomic mass is 10.2. The van der Waals surface area contributed by atoms with Gasteiger partial charge in [0.2, 0.25) is 23.6 Å². The zero-order chi connectivity index (χ0) is 21.6. The summed E-state index contributed by atoms with van der Waals surface area (Å²) in [6, 6.07) is 0. The lowest BCUT2D eigenvalue weighted by Gasteiger charge is -2.03. The highest BCUT2D eigenvalue weighted by atomic mass is 16.2. The Morgan fingerprint density at radius 2 is 0.571 bits per heavy atom. The normalized spacial score (nSPS) is 9.57. The number of amides is 4. The molecule has 0 saturated heterocycles. The van der Waals surface area contributed by atoms with Gasteiger partial charge in [-0.25, -0.2) is 0 Å². The summed E-state index contributed by atoms with van der Waals surface area (Å²) < 4.78 is 0. The van der Waals surface area contributed by atoms with Crippen molar-refractivity contribution >= 4 is 23.6 Å². The van der Waals surface area contributed by atoms with Gasteiger partial charge in [-0.2, -0.15) is 0 Å². The summed E-state index contributed by atoms with van der Waals surface area (Å²) >= 11 is 0. The minimum atomic E-state index is 0.0308. The predicted molar refractivity (Wildman–Crippen MR) is 112 cm³/mol. The summed E-state index contributed by atoms with van der Waals surface area (Å²) in [5.74, 6) is 0.123. The van der Waals surface area contributed by atoms with E-state index in [0.29, 0.717) is 0 Å². The summed E-state index contributed by atoms with van der Waals surface area (Å²) in [5, 5.41) is 11.0. The maximum atomic E-state index is 10.5. The molecule has 0 aromatic rings. The third-order valence-corrected chi connectivity index (χ3v) is 3.70. The highest BCUT2D eigenvalue weighted by molar-refractivity contribution is 5.73. The molecule has 4 N–H and O–H groups in total. The average molecular weight is 401 g/mol. The summed E-state index contributed by atoms with van der Waals surface area (Å²) in [4.78, 5) is 42.0. The number of rotatable bonds is 14. The minimum absolute atomic E-state index is 0.0308. The molecule has 0 fully saturated rings. The fourth-order valence-electron chi connectivity index (χ4n) is 2.26. The summed E-state index contributed by atoms with van der Waals surface area (Å²) in [6.07, 6.45) is 8.44. The van der Waals surface area contributed by atoms with Crippen LogP contribution in [0.4, 0.5) is 0 Å². The topological polar surface area (TPSA) is 116 Å². The Kier molecular flexibility index (Phi) is 21.3. The van der Waals surface area contributed by atoms with E-state index < -0.39 is 0 Å². The van der Waals surface area contributed by atoms with Crippen LogP contribution in [0.2, 0.25) is 0 Å². The smallest absolute Gasteiger partial charge is 0.216 e. The molecule has 0 bridgehead atoms. The Bertz CT molecular complexity index is 362. The Balaban J connectivity index is 0. The van der Waals surface area contributed by atoms with Crippen molar-refractivity contribution in [2.24, 2.45) is 0 Å². The maximum absolute atomic E-state index is 10.5. The third-order valence-electron chi connectivity index (χ3n) is 3.70. The van der Waals surface area contributed by atoms with Gasteiger partial charge in [0.15, 0.2) is 0 Å². The highest BCUT2D eigenvalue weighted by Gasteiger charge is 1.94. The van der Waals surface area contributed by atoms with Gasteiger partial charge in [0, 0.05) is 53.9 Å². The van der Waals surface area contributed by atoms with Crippen LogP contribution in [0, 0.1) is 0 Å². The van der Waals surface area contributed by atoms with Gasteiger partial charge in [-0.15, -0.1) is 0 Å². The lowest BCUT2D eigenvalue weighted by Crippen LogP contribution is -2.21. The molecule has 28 heavy (non-hydrogen) atoms. The predicted octanol–water partition coefficient (Wildman–Crippen LogP) is 1.64. The Hall–Kier alpha value is -2.12. The molecular weight excluding hydrogens is 360 g/mol. The average Bonchev–Trinajstić information content (AvgIpc) is 2.59. The van der Waals surface area contributed by atoms with E-state index in [0.717, 1.165) is 77.5 Å². The summed E-state index contributed by atoms with van der Waals surface area (Å²) in [5.41, 5.74) is 0. The van der Waals surface area contributed by atoms with Gasteiger partial charge in [0.25, 0.3) is 0 Å². The van der Waals surface area contributed by atoms with E-state index in [9.17, 15) is 19.2 Å². The SMILES string of the molecule is CC(=O)NCCCCCCNC(C)=O.CC(=O)NCCCCCCNC(C)=O.